The molecule has 272 valence electrons. The molecule has 0 spiro atoms. The average molecular weight is 740 g/mol. The summed E-state index contributed by atoms with van der Waals surface area (Å²) in [5, 5.41) is 34.0. The largest absolute Gasteiger partial charge is 0.465 e. The zero-order valence-corrected chi connectivity index (χ0v) is 30.0. The number of para-hydroxylation sites is 1. The molecule has 4 aromatic rings. The summed E-state index contributed by atoms with van der Waals surface area (Å²) in [4.78, 5) is 40.9. The zero-order valence-electron chi connectivity index (χ0n) is 28.4. The number of hydrogen-bond acceptors (Lipinski definition) is 10. The predicted molar refractivity (Wildman–Crippen MR) is 198 cm³/mol. The van der Waals surface area contributed by atoms with Gasteiger partial charge in [-0.15, -0.1) is 10.1 Å². The fraction of sp³-hybridized carbons (Fsp3) is 0.351. The van der Waals surface area contributed by atoms with Crippen molar-refractivity contribution in [3.63, 3.8) is 0 Å². The van der Waals surface area contributed by atoms with Crippen molar-refractivity contribution < 1.29 is 38.9 Å². The van der Waals surface area contributed by atoms with Gasteiger partial charge in [0.1, 0.15) is 19.0 Å². The Morgan fingerprint density at radius 1 is 0.902 bits per heavy atom. The topological polar surface area (TPSA) is 153 Å². The molecule has 14 heteroatoms. The highest BCUT2D eigenvalue weighted by atomic mass is 33.1. The van der Waals surface area contributed by atoms with Gasteiger partial charge >= 0.3 is 5.97 Å². The maximum Gasteiger partial charge on any atom is 0.308 e. The van der Waals surface area contributed by atoms with E-state index in [1.807, 2.05) is 79.1 Å². The van der Waals surface area contributed by atoms with Crippen molar-refractivity contribution in [1.29, 1.82) is 0 Å². The first-order valence-electron chi connectivity index (χ1n) is 16.5. The van der Waals surface area contributed by atoms with Crippen LogP contribution in [0.15, 0.2) is 84.9 Å². The molecule has 3 N–H and O–H groups in total. The normalized spacial score (nSPS) is 12.4. The molecule has 4 rings (SSSR count). The summed E-state index contributed by atoms with van der Waals surface area (Å²) in [7, 11) is 2.73. The number of aliphatic hydroxyl groups excluding tert-OH is 2. The maximum atomic E-state index is 14.2. The van der Waals surface area contributed by atoms with Gasteiger partial charge in [-0.05, 0) is 66.3 Å². The lowest BCUT2D eigenvalue weighted by molar-refractivity contribution is -0.756. The Morgan fingerprint density at radius 2 is 1.53 bits per heavy atom. The van der Waals surface area contributed by atoms with Crippen molar-refractivity contribution in [2.45, 2.75) is 57.8 Å². The third-order valence-corrected chi connectivity index (χ3v) is 10.1. The summed E-state index contributed by atoms with van der Waals surface area (Å²) in [5.74, 6) is -0.591. The van der Waals surface area contributed by atoms with Crippen LogP contribution in [-0.4, -0.2) is 68.7 Å². The summed E-state index contributed by atoms with van der Waals surface area (Å²) in [6, 6.07) is 24.8. The van der Waals surface area contributed by atoms with Crippen molar-refractivity contribution in [2.75, 3.05) is 30.0 Å². The van der Waals surface area contributed by atoms with E-state index in [-0.39, 0.29) is 50.8 Å². The van der Waals surface area contributed by atoms with E-state index in [0.717, 1.165) is 11.3 Å². The molecule has 0 aliphatic rings. The Morgan fingerprint density at radius 3 is 2.16 bits per heavy atom. The Labute approximate surface area is 304 Å². The lowest BCUT2D eigenvalue weighted by Crippen LogP contribution is -2.24. The molecule has 0 unspecified atom stereocenters. The molecule has 0 saturated heterocycles. The second-order valence-corrected chi connectivity index (χ2v) is 14.6. The number of esters is 1. The maximum absolute atomic E-state index is 14.2. The first-order chi connectivity index (χ1) is 24.5. The van der Waals surface area contributed by atoms with Gasteiger partial charge in [-0.1, -0.05) is 84.0 Å². The van der Waals surface area contributed by atoms with Gasteiger partial charge in [-0.25, -0.2) is 4.39 Å². The van der Waals surface area contributed by atoms with E-state index in [0.29, 0.717) is 39.6 Å². The van der Waals surface area contributed by atoms with Crippen LogP contribution < -0.4 is 5.32 Å². The number of anilines is 1. The molecule has 2 atom stereocenters. The summed E-state index contributed by atoms with van der Waals surface area (Å²) in [6.07, 6.45) is -2.32. The van der Waals surface area contributed by atoms with Crippen LogP contribution in [0, 0.1) is 15.9 Å². The van der Waals surface area contributed by atoms with Gasteiger partial charge in [-0.3, -0.25) is 9.59 Å². The molecule has 51 heavy (non-hydrogen) atoms. The smallest absolute Gasteiger partial charge is 0.308 e. The standard InChI is InChI=1S/C37H42FN3O8S2/c1-25(2)35-34(37(45)39-29-11-7-4-8-12-29)33(26-9-5-3-6-10-26)36(27-13-15-28(38)16-14-27)40(35)18-17-30(42)23-31(43)24-32(44)48-19-21-50-51-22-20-49-41(46)47/h3-16,25,30-31,42-43H,17-24H2,1-2H3,(H,39,45)/t30-,31-/m1/s1. The Balaban J connectivity index is 1.53. The number of carbonyl (C=O) groups is 2. The van der Waals surface area contributed by atoms with Crippen LogP contribution in [0.3, 0.4) is 0 Å². The van der Waals surface area contributed by atoms with E-state index < -0.39 is 29.1 Å². The number of aromatic nitrogens is 1. The summed E-state index contributed by atoms with van der Waals surface area (Å²) in [5.41, 5.74) is 4.70. The van der Waals surface area contributed by atoms with Crippen LogP contribution in [0.4, 0.5) is 10.1 Å². The van der Waals surface area contributed by atoms with E-state index in [4.69, 9.17) is 4.74 Å². The lowest BCUT2D eigenvalue weighted by Gasteiger charge is -2.20. The van der Waals surface area contributed by atoms with Gasteiger partial charge < -0.3 is 29.7 Å². The van der Waals surface area contributed by atoms with Crippen molar-refractivity contribution >= 4 is 39.2 Å². The number of carbonyl (C=O) groups excluding carboxylic acids is 2. The Bertz CT molecular complexity index is 1720. The predicted octanol–water partition coefficient (Wildman–Crippen LogP) is 7.36. The van der Waals surface area contributed by atoms with E-state index in [2.05, 4.69) is 10.2 Å². The second kappa shape index (κ2) is 19.9. The lowest BCUT2D eigenvalue weighted by atomic mass is 9.94. The molecule has 0 fully saturated rings. The van der Waals surface area contributed by atoms with E-state index in [1.54, 1.807) is 12.1 Å². The summed E-state index contributed by atoms with van der Waals surface area (Å²) >= 11 is 0. The van der Waals surface area contributed by atoms with Crippen molar-refractivity contribution in [3.05, 3.63) is 112 Å². The van der Waals surface area contributed by atoms with E-state index in [9.17, 15) is 34.3 Å². The fourth-order valence-electron chi connectivity index (χ4n) is 5.71. The number of benzene rings is 3. The minimum absolute atomic E-state index is 0.0332. The van der Waals surface area contributed by atoms with Gasteiger partial charge in [0.2, 0.25) is 0 Å². The van der Waals surface area contributed by atoms with Gasteiger partial charge in [0.15, 0.2) is 0 Å². The first kappa shape index (κ1) is 39.4. The number of aliphatic hydroxyl groups is 2. The summed E-state index contributed by atoms with van der Waals surface area (Å²) < 4.78 is 21.3. The number of ether oxygens (including phenoxy) is 1. The molecule has 0 saturated carbocycles. The molecular formula is C37H42FN3O8S2. The van der Waals surface area contributed by atoms with Crippen LogP contribution in [0.25, 0.3) is 22.4 Å². The number of amides is 1. The highest BCUT2D eigenvalue weighted by Crippen LogP contribution is 2.42. The minimum Gasteiger partial charge on any atom is -0.465 e. The second-order valence-electron chi connectivity index (χ2n) is 11.9. The third-order valence-electron chi connectivity index (χ3n) is 7.80. The van der Waals surface area contributed by atoms with Crippen LogP contribution in [0.1, 0.15) is 55.1 Å². The van der Waals surface area contributed by atoms with Crippen LogP contribution >= 0.6 is 21.6 Å². The molecule has 0 aliphatic carbocycles. The Kier molecular flexibility index (Phi) is 15.4. The highest BCUT2D eigenvalue weighted by molar-refractivity contribution is 8.76. The van der Waals surface area contributed by atoms with Crippen LogP contribution in [-0.2, 0) is 20.9 Å². The fourth-order valence-corrected chi connectivity index (χ4v) is 7.35. The number of halogens is 1. The molecule has 1 amide bonds. The zero-order chi connectivity index (χ0) is 36.8. The number of nitrogens with one attached hydrogen (secondary N) is 1. The number of hydrogen-bond donors (Lipinski definition) is 3. The van der Waals surface area contributed by atoms with Crippen LogP contribution in [0.5, 0.6) is 0 Å². The highest BCUT2D eigenvalue weighted by Gasteiger charge is 2.31. The third kappa shape index (κ3) is 11.8. The molecule has 0 radical (unpaired) electrons. The molecule has 3 aromatic carbocycles. The van der Waals surface area contributed by atoms with Crippen molar-refractivity contribution in [3.8, 4) is 22.4 Å². The van der Waals surface area contributed by atoms with Gasteiger partial charge in [0, 0.05) is 35.0 Å². The van der Waals surface area contributed by atoms with E-state index >= 15 is 0 Å². The number of nitrogens with zero attached hydrogens (tertiary/aromatic N) is 2. The quantitative estimate of drug-likeness (QED) is 0.0276. The average Bonchev–Trinajstić information content (AvgIpc) is 3.45. The molecule has 1 aromatic heterocycles. The SMILES string of the molecule is CC(C)c1c(C(=O)Nc2ccccc2)c(-c2ccccc2)c(-c2ccc(F)cc2)n1CC[C@@H](O)C[C@@H](O)CC(=O)OCCSSCCO[N+](=O)[O-]. The van der Waals surface area contributed by atoms with Crippen molar-refractivity contribution in [2.24, 2.45) is 0 Å². The molecule has 11 nitrogen and oxygen atoms in total. The summed E-state index contributed by atoms with van der Waals surface area (Å²) in [6.45, 7) is 4.31. The molecule has 0 aliphatic heterocycles. The van der Waals surface area contributed by atoms with Gasteiger partial charge in [0.25, 0.3) is 11.0 Å². The van der Waals surface area contributed by atoms with E-state index in [1.165, 1.54) is 33.7 Å². The number of rotatable bonds is 20. The molecule has 1 heterocycles. The molecular weight excluding hydrogens is 698 g/mol. The van der Waals surface area contributed by atoms with Gasteiger partial charge in [-0.2, -0.15) is 0 Å². The first-order valence-corrected chi connectivity index (χ1v) is 19.0. The monoisotopic (exact) mass is 739 g/mol. The Hall–Kier alpha value is -4.37. The molecule has 0 bridgehead atoms. The minimum atomic E-state index is -1.15. The van der Waals surface area contributed by atoms with Crippen LogP contribution in [0.2, 0.25) is 0 Å². The van der Waals surface area contributed by atoms with Crippen molar-refractivity contribution in [1.82, 2.24) is 4.57 Å². The van der Waals surface area contributed by atoms with Gasteiger partial charge in [0.05, 0.1) is 29.9 Å².